The molecule has 0 radical (unpaired) electrons. The van der Waals surface area contributed by atoms with Gasteiger partial charge in [-0.3, -0.25) is 0 Å². The van der Waals surface area contributed by atoms with Crippen LogP contribution in [0, 0.1) is 17.0 Å². The molecule has 1 aliphatic carbocycles. The number of hydrogen-bond acceptors (Lipinski definition) is 1. The van der Waals surface area contributed by atoms with Gasteiger partial charge in [-0.25, -0.2) is 13.8 Å². The molecule has 0 aliphatic heterocycles. The fraction of sp³-hybridized carbons (Fsp3) is 0.562. The van der Waals surface area contributed by atoms with Gasteiger partial charge in [0, 0.05) is 12.1 Å². The second-order valence-corrected chi connectivity index (χ2v) is 7.26. The summed E-state index contributed by atoms with van der Waals surface area (Å²) >= 11 is 6.24. The normalized spacial score (nSPS) is 22.9. The molecular weight excluding hydrogens is 294 g/mol. The molecule has 2 atom stereocenters. The Morgan fingerprint density at radius 3 is 2.67 bits per heavy atom. The number of imidazole rings is 1. The summed E-state index contributed by atoms with van der Waals surface area (Å²) in [6.07, 6.45) is 3.17. The van der Waals surface area contributed by atoms with Gasteiger partial charge in [0.1, 0.15) is 17.2 Å². The molecule has 1 fully saturated rings. The Labute approximate surface area is 128 Å². The Balaban J connectivity index is 2.31. The van der Waals surface area contributed by atoms with Crippen molar-refractivity contribution < 1.29 is 8.78 Å². The summed E-state index contributed by atoms with van der Waals surface area (Å²) in [4.78, 5) is 4.35. The van der Waals surface area contributed by atoms with Crippen LogP contribution in [0.2, 0.25) is 0 Å². The predicted molar refractivity (Wildman–Crippen MR) is 80.6 cm³/mol. The second-order valence-electron chi connectivity index (χ2n) is 6.61. The number of nitrogens with zero attached hydrogens (tertiary/aromatic N) is 2. The highest BCUT2D eigenvalue weighted by Crippen LogP contribution is 2.48. The summed E-state index contributed by atoms with van der Waals surface area (Å²) in [5.74, 6) is -0.583. The number of halogens is 3. The summed E-state index contributed by atoms with van der Waals surface area (Å²) in [6.45, 7) is 6.19. The molecule has 0 amide bonds. The third-order valence-corrected chi connectivity index (χ3v) is 4.80. The van der Waals surface area contributed by atoms with Crippen LogP contribution in [-0.2, 0) is 0 Å². The first-order valence-corrected chi connectivity index (χ1v) is 7.76. The van der Waals surface area contributed by atoms with E-state index < -0.39 is 11.6 Å². The van der Waals surface area contributed by atoms with E-state index in [0.717, 1.165) is 25.3 Å². The Kier molecular flexibility index (Phi) is 3.47. The molecule has 5 heteroatoms. The number of aromatic nitrogens is 2. The topological polar surface area (TPSA) is 17.8 Å². The number of fused-ring (bicyclic) bond motifs is 1. The maximum Gasteiger partial charge on any atom is 0.153 e. The van der Waals surface area contributed by atoms with Crippen molar-refractivity contribution in [2.75, 3.05) is 0 Å². The van der Waals surface area contributed by atoms with Crippen LogP contribution >= 0.6 is 11.6 Å². The van der Waals surface area contributed by atoms with E-state index in [1.807, 2.05) is 11.5 Å². The van der Waals surface area contributed by atoms with E-state index in [2.05, 4.69) is 18.8 Å². The van der Waals surface area contributed by atoms with Crippen LogP contribution in [0.15, 0.2) is 12.1 Å². The van der Waals surface area contributed by atoms with Crippen molar-refractivity contribution in [1.82, 2.24) is 9.55 Å². The molecule has 1 heterocycles. The third kappa shape index (κ3) is 2.33. The zero-order valence-electron chi connectivity index (χ0n) is 12.5. The van der Waals surface area contributed by atoms with E-state index in [9.17, 15) is 8.78 Å². The van der Waals surface area contributed by atoms with Crippen LogP contribution in [0.5, 0.6) is 0 Å². The van der Waals surface area contributed by atoms with Gasteiger partial charge < -0.3 is 4.57 Å². The molecule has 1 aliphatic rings. The van der Waals surface area contributed by atoms with Crippen molar-refractivity contribution in [2.24, 2.45) is 5.41 Å². The van der Waals surface area contributed by atoms with Gasteiger partial charge in [-0.2, -0.15) is 0 Å². The van der Waals surface area contributed by atoms with Gasteiger partial charge >= 0.3 is 0 Å². The zero-order valence-corrected chi connectivity index (χ0v) is 13.2. The summed E-state index contributed by atoms with van der Waals surface area (Å²) in [6, 6.07) is 2.41. The Hall–Kier alpha value is -1.16. The average Bonchev–Trinajstić information content (AvgIpc) is 2.89. The highest BCUT2D eigenvalue weighted by molar-refractivity contribution is 6.20. The van der Waals surface area contributed by atoms with E-state index >= 15 is 0 Å². The molecule has 21 heavy (non-hydrogen) atoms. The highest BCUT2D eigenvalue weighted by Gasteiger charge is 2.38. The van der Waals surface area contributed by atoms with Crippen molar-refractivity contribution >= 4 is 22.6 Å². The molecule has 0 N–H and O–H groups in total. The molecule has 2 unspecified atom stereocenters. The van der Waals surface area contributed by atoms with Crippen LogP contribution in [0.25, 0.3) is 11.0 Å². The van der Waals surface area contributed by atoms with Crippen LogP contribution in [-0.4, -0.2) is 9.55 Å². The van der Waals surface area contributed by atoms with Gasteiger partial charge in [-0.05, 0) is 31.2 Å². The van der Waals surface area contributed by atoms with Crippen molar-refractivity contribution in [3.8, 4) is 0 Å². The third-order valence-electron chi connectivity index (χ3n) is 4.61. The standard InChI is InChI=1S/C16H19ClF2N2/c1-9(17)15-20-14-11(19)7-10(18)8-12(14)21(15)13-5-4-6-16(13,2)3/h7-9,13H,4-6H2,1-3H3. The lowest BCUT2D eigenvalue weighted by atomic mass is 9.87. The maximum atomic E-state index is 14.0. The first-order valence-electron chi connectivity index (χ1n) is 7.32. The van der Waals surface area contributed by atoms with E-state index in [4.69, 9.17) is 11.6 Å². The van der Waals surface area contributed by atoms with E-state index in [-0.39, 0.29) is 22.4 Å². The van der Waals surface area contributed by atoms with Crippen molar-refractivity contribution in [3.63, 3.8) is 0 Å². The minimum absolute atomic E-state index is 0.0664. The molecule has 0 saturated heterocycles. The average molecular weight is 313 g/mol. The molecule has 2 nitrogen and oxygen atoms in total. The summed E-state index contributed by atoms with van der Waals surface area (Å²) < 4.78 is 29.6. The van der Waals surface area contributed by atoms with Gasteiger partial charge in [0.25, 0.3) is 0 Å². The minimum Gasteiger partial charge on any atom is -0.323 e. The first-order chi connectivity index (χ1) is 9.81. The van der Waals surface area contributed by atoms with Gasteiger partial charge in [0.05, 0.1) is 10.9 Å². The van der Waals surface area contributed by atoms with Crippen LogP contribution in [0.1, 0.15) is 57.3 Å². The zero-order chi connectivity index (χ0) is 15.4. The molecule has 1 saturated carbocycles. The van der Waals surface area contributed by atoms with Crippen LogP contribution in [0.4, 0.5) is 8.78 Å². The fourth-order valence-corrected chi connectivity index (χ4v) is 3.69. The van der Waals surface area contributed by atoms with Crippen molar-refractivity contribution in [1.29, 1.82) is 0 Å². The predicted octanol–water partition coefficient (Wildman–Crippen LogP) is 5.37. The van der Waals surface area contributed by atoms with Gasteiger partial charge in [-0.15, -0.1) is 11.6 Å². The second kappa shape index (κ2) is 4.94. The van der Waals surface area contributed by atoms with Gasteiger partial charge in [-0.1, -0.05) is 20.3 Å². The number of hydrogen-bond donors (Lipinski definition) is 0. The smallest absolute Gasteiger partial charge is 0.153 e. The Bertz CT molecular complexity index is 691. The highest BCUT2D eigenvalue weighted by atomic mass is 35.5. The molecule has 114 valence electrons. The van der Waals surface area contributed by atoms with E-state index in [1.54, 1.807) is 0 Å². The van der Waals surface area contributed by atoms with Gasteiger partial charge in [0.2, 0.25) is 0 Å². The lowest BCUT2D eigenvalue weighted by Crippen LogP contribution is -2.23. The van der Waals surface area contributed by atoms with Crippen LogP contribution in [0.3, 0.4) is 0 Å². The van der Waals surface area contributed by atoms with E-state index in [0.29, 0.717) is 11.3 Å². The largest absolute Gasteiger partial charge is 0.323 e. The van der Waals surface area contributed by atoms with Crippen molar-refractivity contribution in [3.05, 3.63) is 29.6 Å². The monoisotopic (exact) mass is 312 g/mol. The minimum atomic E-state index is -0.627. The number of rotatable bonds is 2. The Morgan fingerprint density at radius 2 is 2.10 bits per heavy atom. The van der Waals surface area contributed by atoms with E-state index in [1.165, 1.54) is 6.07 Å². The van der Waals surface area contributed by atoms with Crippen molar-refractivity contribution in [2.45, 2.75) is 51.5 Å². The molecule has 2 aromatic rings. The molecule has 0 spiro atoms. The number of alkyl halides is 1. The first kappa shape index (κ1) is 14.8. The SMILES string of the molecule is CC(Cl)c1nc2c(F)cc(F)cc2n1C1CCCC1(C)C. The molecular formula is C16H19ClF2N2. The quantitative estimate of drug-likeness (QED) is 0.682. The molecule has 1 aromatic carbocycles. The summed E-state index contributed by atoms with van der Waals surface area (Å²) in [7, 11) is 0. The Morgan fingerprint density at radius 1 is 1.38 bits per heavy atom. The summed E-state index contributed by atoms with van der Waals surface area (Å²) in [5.41, 5.74) is 0.785. The lowest BCUT2D eigenvalue weighted by molar-refractivity contribution is 0.260. The maximum absolute atomic E-state index is 14.0. The molecule has 3 rings (SSSR count). The number of benzene rings is 1. The van der Waals surface area contributed by atoms with Gasteiger partial charge in [0.15, 0.2) is 5.82 Å². The summed E-state index contributed by atoms with van der Waals surface area (Å²) in [5, 5.41) is -0.351. The molecule has 1 aromatic heterocycles. The lowest BCUT2D eigenvalue weighted by Gasteiger charge is -2.30. The fourth-order valence-electron chi connectivity index (χ4n) is 3.53. The molecule has 0 bridgehead atoms. The van der Waals surface area contributed by atoms with Crippen LogP contribution < -0.4 is 0 Å².